The zero-order valence-corrected chi connectivity index (χ0v) is 10.4. The van der Waals surface area contributed by atoms with Gasteiger partial charge in [-0.2, -0.15) is 0 Å². The normalized spacial score (nSPS) is 22.2. The first-order chi connectivity index (χ1) is 8.91. The molecule has 1 aromatic rings. The fraction of sp³-hybridized carbons (Fsp3) is 0.417. The van der Waals surface area contributed by atoms with E-state index in [4.69, 9.17) is 0 Å². The molecule has 102 valence electrons. The van der Waals surface area contributed by atoms with Gasteiger partial charge >= 0.3 is 0 Å². The molecular weight excluding hydrogens is 253 g/mol. The molecule has 1 atom stereocenters. The van der Waals surface area contributed by atoms with Gasteiger partial charge in [-0.15, -0.1) is 0 Å². The molecule has 1 unspecified atom stereocenters. The molecule has 1 aromatic carbocycles. The second kappa shape index (κ2) is 4.93. The Bertz CT molecular complexity index is 527. The average molecular weight is 267 g/mol. The van der Waals surface area contributed by atoms with Crippen molar-refractivity contribution in [1.29, 1.82) is 0 Å². The van der Waals surface area contributed by atoms with Crippen molar-refractivity contribution in [2.75, 3.05) is 13.1 Å². The van der Waals surface area contributed by atoms with E-state index >= 15 is 0 Å². The minimum absolute atomic E-state index is 0.303. The molecule has 0 aromatic heterocycles. The van der Waals surface area contributed by atoms with E-state index in [1.165, 1.54) is 0 Å². The van der Waals surface area contributed by atoms with Crippen LogP contribution in [0.3, 0.4) is 0 Å². The Kier molecular flexibility index (Phi) is 3.48. The van der Waals surface area contributed by atoms with Gasteiger partial charge in [0.15, 0.2) is 0 Å². The monoisotopic (exact) mass is 267 g/mol. The maximum atomic E-state index is 13.6. The molecule has 2 N–H and O–H groups in total. The third kappa shape index (κ3) is 2.87. The molecule has 1 heterocycles. The Labute approximate surface area is 109 Å². The zero-order chi connectivity index (χ0) is 14.0. The number of nitrogens with one attached hydrogen (secondary N) is 2. The van der Waals surface area contributed by atoms with E-state index in [2.05, 4.69) is 10.6 Å². The van der Waals surface area contributed by atoms with Gasteiger partial charge < -0.3 is 10.6 Å². The maximum Gasteiger partial charge on any atom is 0.270 e. The molecule has 1 fully saturated rings. The van der Waals surface area contributed by atoms with E-state index in [-0.39, 0.29) is 11.3 Å². The van der Waals surface area contributed by atoms with Crippen LogP contribution >= 0.6 is 0 Å². The van der Waals surface area contributed by atoms with Gasteiger partial charge in [0.2, 0.25) is 0 Å². The lowest BCUT2D eigenvalue weighted by molar-refractivity contribution is -0.384. The SMILES string of the molecule is CC1(NC(=O)c2cc([N+](=O)[O-])ccc2F)CCNC1. The van der Waals surface area contributed by atoms with Crippen LogP contribution in [0.25, 0.3) is 0 Å². The number of hydrogen-bond donors (Lipinski definition) is 2. The molecule has 0 radical (unpaired) electrons. The quantitative estimate of drug-likeness (QED) is 0.637. The van der Waals surface area contributed by atoms with E-state index < -0.39 is 22.2 Å². The maximum absolute atomic E-state index is 13.6. The number of benzene rings is 1. The lowest BCUT2D eigenvalue weighted by Gasteiger charge is -2.24. The third-order valence-electron chi connectivity index (χ3n) is 3.19. The summed E-state index contributed by atoms with van der Waals surface area (Å²) in [6.07, 6.45) is 0.731. The first-order valence-corrected chi connectivity index (χ1v) is 5.88. The Morgan fingerprint density at radius 3 is 2.89 bits per heavy atom. The van der Waals surface area contributed by atoms with Crippen molar-refractivity contribution in [2.24, 2.45) is 0 Å². The number of carbonyl (C=O) groups is 1. The summed E-state index contributed by atoms with van der Waals surface area (Å²) in [6.45, 7) is 3.21. The molecule has 1 saturated heterocycles. The van der Waals surface area contributed by atoms with Crippen molar-refractivity contribution >= 4 is 11.6 Å². The summed E-state index contributed by atoms with van der Waals surface area (Å²) in [6, 6.07) is 2.92. The van der Waals surface area contributed by atoms with Crippen molar-refractivity contribution in [3.8, 4) is 0 Å². The predicted octanol–water partition coefficient (Wildman–Crippen LogP) is 1.22. The number of nitro benzene ring substituents is 1. The van der Waals surface area contributed by atoms with Crippen molar-refractivity contribution in [1.82, 2.24) is 10.6 Å². The third-order valence-corrected chi connectivity index (χ3v) is 3.19. The molecule has 19 heavy (non-hydrogen) atoms. The first-order valence-electron chi connectivity index (χ1n) is 5.88. The molecule has 0 saturated carbocycles. The number of carbonyl (C=O) groups excluding carboxylic acids is 1. The highest BCUT2D eigenvalue weighted by Crippen LogP contribution is 2.19. The fourth-order valence-electron chi connectivity index (χ4n) is 2.07. The number of rotatable bonds is 3. The van der Waals surface area contributed by atoms with Crippen LogP contribution in [0.15, 0.2) is 18.2 Å². The summed E-state index contributed by atoms with van der Waals surface area (Å²) in [4.78, 5) is 22.0. The molecule has 0 bridgehead atoms. The Hall–Kier alpha value is -2.02. The van der Waals surface area contributed by atoms with E-state index in [1.54, 1.807) is 0 Å². The van der Waals surface area contributed by atoms with Gasteiger partial charge in [0, 0.05) is 18.7 Å². The molecule has 0 spiro atoms. The number of non-ortho nitro benzene ring substituents is 1. The van der Waals surface area contributed by atoms with Crippen LogP contribution in [0.4, 0.5) is 10.1 Å². The average Bonchev–Trinajstić information content (AvgIpc) is 2.75. The van der Waals surface area contributed by atoms with E-state index in [1.807, 2.05) is 6.92 Å². The predicted molar refractivity (Wildman–Crippen MR) is 66.4 cm³/mol. The molecule has 6 nitrogen and oxygen atoms in total. The van der Waals surface area contributed by atoms with Crippen LogP contribution < -0.4 is 10.6 Å². The van der Waals surface area contributed by atoms with Crippen molar-refractivity contribution < 1.29 is 14.1 Å². The number of nitro groups is 1. The van der Waals surface area contributed by atoms with Gasteiger partial charge in [-0.25, -0.2) is 4.39 Å². The Morgan fingerprint density at radius 2 is 2.32 bits per heavy atom. The van der Waals surface area contributed by atoms with Crippen LogP contribution in [0.5, 0.6) is 0 Å². The number of halogens is 1. The van der Waals surface area contributed by atoms with E-state index in [0.717, 1.165) is 31.2 Å². The molecular formula is C12H14FN3O3. The minimum Gasteiger partial charge on any atom is -0.345 e. The van der Waals surface area contributed by atoms with E-state index in [0.29, 0.717) is 6.54 Å². The van der Waals surface area contributed by atoms with Gasteiger partial charge in [-0.05, 0) is 26.0 Å². The lowest BCUT2D eigenvalue weighted by Crippen LogP contribution is -2.47. The summed E-state index contributed by atoms with van der Waals surface area (Å²) >= 11 is 0. The second-order valence-electron chi connectivity index (χ2n) is 4.86. The van der Waals surface area contributed by atoms with Crippen molar-refractivity contribution in [3.05, 3.63) is 39.7 Å². The molecule has 0 aliphatic carbocycles. The summed E-state index contributed by atoms with van der Waals surface area (Å²) in [5, 5.41) is 16.4. The van der Waals surface area contributed by atoms with Gasteiger partial charge in [0.25, 0.3) is 11.6 Å². The van der Waals surface area contributed by atoms with Crippen molar-refractivity contribution in [3.63, 3.8) is 0 Å². The number of hydrogen-bond acceptors (Lipinski definition) is 4. The molecule has 1 aliphatic heterocycles. The highest BCUT2D eigenvalue weighted by Gasteiger charge is 2.31. The Balaban J connectivity index is 2.23. The molecule has 1 aliphatic rings. The van der Waals surface area contributed by atoms with E-state index in [9.17, 15) is 19.3 Å². The smallest absolute Gasteiger partial charge is 0.270 e. The zero-order valence-electron chi connectivity index (χ0n) is 10.4. The summed E-state index contributed by atoms with van der Waals surface area (Å²) in [5.41, 5.74) is -1.06. The number of nitrogens with zero attached hydrogens (tertiary/aromatic N) is 1. The first kappa shape index (κ1) is 13.4. The second-order valence-corrected chi connectivity index (χ2v) is 4.86. The molecule has 7 heteroatoms. The lowest BCUT2D eigenvalue weighted by atomic mass is 10.0. The van der Waals surface area contributed by atoms with Crippen LogP contribution in [0.1, 0.15) is 23.7 Å². The van der Waals surface area contributed by atoms with Gasteiger partial charge in [-0.3, -0.25) is 14.9 Å². The minimum atomic E-state index is -0.766. The Morgan fingerprint density at radius 1 is 1.58 bits per heavy atom. The molecule has 1 amide bonds. The largest absolute Gasteiger partial charge is 0.345 e. The molecule has 2 rings (SSSR count). The topological polar surface area (TPSA) is 84.3 Å². The van der Waals surface area contributed by atoms with Crippen LogP contribution in [0.2, 0.25) is 0 Å². The van der Waals surface area contributed by atoms with Gasteiger partial charge in [-0.1, -0.05) is 0 Å². The standard InChI is InChI=1S/C12H14FN3O3/c1-12(4-5-14-7-12)15-11(17)9-6-8(16(18)19)2-3-10(9)13/h2-3,6,14H,4-5,7H2,1H3,(H,15,17). The highest BCUT2D eigenvalue weighted by molar-refractivity contribution is 5.95. The van der Waals surface area contributed by atoms with Crippen LogP contribution in [-0.2, 0) is 0 Å². The number of amides is 1. The summed E-state index contributed by atoms with van der Waals surface area (Å²) < 4.78 is 13.6. The van der Waals surface area contributed by atoms with Crippen LogP contribution in [-0.4, -0.2) is 29.5 Å². The fourth-order valence-corrected chi connectivity index (χ4v) is 2.07. The summed E-state index contributed by atoms with van der Waals surface area (Å²) in [7, 11) is 0. The van der Waals surface area contributed by atoms with Crippen molar-refractivity contribution in [2.45, 2.75) is 18.9 Å². The summed E-state index contributed by atoms with van der Waals surface area (Å²) in [5.74, 6) is -1.40. The van der Waals surface area contributed by atoms with Gasteiger partial charge in [0.1, 0.15) is 5.82 Å². The van der Waals surface area contributed by atoms with Gasteiger partial charge in [0.05, 0.1) is 16.0 Å². The highest BCUT2D eigenvalue weighted by atomic mass is 19.1. The van der Waals surface area contributed by atoms with Crippen LogP contribution in [0, 0.1) is 15.9 Å².